The highest BCUT2D eigenvalue weighted by atomic mass is 19.4. The zero-order valence-corrected chi connectivity index (χ0v) is 22.2. The minimum Gasteiger partial charge on any atom is -0.477 e. The number of ether oxygens (including phenoxy) is 1. The summed E-state index contributed by atoms with van der Waals surface area (Å²) in [6, 6.07) is 11.5. The van der Waals surface area contributed by atoms with Crippen molar-refractivity contribution in [3.63, 3.8) is 0 Å². The van der Waals surface area contributed by atoms with Gasteiger partial charge < -0.3 is 19.9 Å². The SMILES string of the molecule is O=C(CC(F)(F)F)N1CCN(Cc2ccnc(Nc3nc4ccc(-c5cc(OCC6CC6)ncn5)cc4[nH]3)c2)CC1. The molecule has 2 fully saturated rings. The van der Waals surface area contributed by atoms with Gasteiger partial charge in [-0.3, -0.25) is 9.69 Å². The average Bonchev–Trinajstić information content (AvgIpc) is 3.69. The number of nitrogens with zero attached hydrogens (tertiary/aromatic N) is 6. The molecular formula is C28H29F3N8O2. The number of amides is 1. The molecule has 1 saturated carbocycles. The van der Waals surface area contributed by atoms with Crippen molar-refractivity contribution in [1.82, 2.24) is 34.7 Å². The molecule has 2 aliphatic rings. The summed E-state index contributed by atoms with van der Waals surface area (Å²) in [5, 5.41) is 3.21. The fraction of sp³-hybridized carbons (Fsp3) is 0.393. The van der Waals surface area contributed by atoms with Crippen LogP contribution in [0.2, 0.25) is 0 Å². The lowest BCUT2D eigenvalue weighted by atomic mass is 10.1. The van der Waals surface area contributed by atoms with Gasteiger partial charge in [-0.15, -0.1) is 0 Å². The van der Waals surface area contributed by atoms with Crippen molar-refractivity contribution >= 4 is 28.7 Å². The highest BCUT2D eigenvalue weighted by molar-refractivity contribution is 5.83. The van der Waals surface area contributed by atoms with E-state index in [4.69, 9.17) is 4.74 Å². The predicted molar refractivity (Wildman–Crippen MR) is 145 cm³/mol. The van der Waals surface area contributed by atoms with Gasteiger partial charge in [-0.25, -0.2) is 19.9 Å². The second kappa shape index (κ2) is 11.3. The molecule has 3 aromatic heterocycles. The first-order valence-electron chi connectivity index (χ1n) is 13.5. The van der Waals surface area contributed by atoms with Crippen LogP contribution in [0.4, 0.5) is 24.9 Å². The molecule has 4 aromatic rings. The minimum atomic E-state index is -4.48. The highest BCUT2D eigenvalue weighted by Crippen LogP contribution is 2.30. The van der Waals surface area contributed by atoms with Crippen molar-refractivity contribution in [3.8, 4) is 17.1 Å². The van der Waals surface area contributed by atoms with Crippen LogP contribution in [-0.2, 0) is 11.3 Å². The van der Waals surface area contributed by atoms with Crippen LogP contribution in [0.1, 0.15) is 24.8 Å². The third-order valence-electron chi connectivity index (χ3n) is 7.14. The van der Waals surface area contributed by atoms with Gasteiger partial charge in [0.25, 0.3) is 0 Å². The van der Waals surface area contributed by atoms with Crippen LogP contribution in [0, 0.1) is 5.92 Å². The quantitative estimate of drug-likeness (QED) is 0.304. The van der Waals surface area contributed by atoms with Crippen LogP contribution in [0.15, 0.2) is 48.9 Å². The third-order valence-corrected chi connectivity index (χ3v) is 7.14. The van der Waals surface area contributed by atoms with Crippen molar-refractivity contribution in [2.45, 2.75) is 32.0 Å². The van der Waals surface area contributed by atoms with Gasteiger partial charge in [0.2, 0.25) is 17.7 Å². The Balaban J connectivity index is 1.07. The maximum Gasteiger partial charge on any atom is 0.397 e. The lowest BCUT2D eigenvalue weighted by Gasteiger charge is -2.35. The second-order valence-electron chi connectivity index (χ2n) is 10.4. The molecule has 0 atom stereocenters. The number of nitrogens with one attached hydrogen (secondary N) is 2. The first-order chi connectivity index (χ1) is 19.8. The van der Waals surface area contributed by atoms with Crippen molar-refractivity contribution < 1.29 is 22.7 Å². The number of benzene rings is 1. The van der Waals surface area contributed by atoms with Crippen molar-refractivity contribution in [2.75, 3.05) is 38.1 Å². The maximum absolute atomic E-state index is 12.5. The number of alkyl halides is 3. The monoisotopic (exact) mass is 566 g/mol. The smallest absolute Gasteiger partial charge is 0.397 e. The molecule has 214 valence electrons. The van der Waals surface area contributed by atoms with Crippen LogP contribution in [0.3, 0.4) is 0 Å². The average molecular weight is 567 g/mol. The number of hydrogen-bond donors (Lipinski definition) is 2. The number of anilines is 2. The van der Waals surface area contributed by atoms with E-state index in [9.17, 15) is 18.0 Å². The number of aromatic amines is 1. The third kappa shape index (κ3) is 7.09. The van der Waals surface area contributed by atoms with Crippen LogP contribution < -0.4 is 10.1 Å². The Morgan fingerprint density at radius 3 is 2.66 bits per heavy atom. The summed E-state index contributed by atoms with van der Waals surface area (Å²) in [6.07, 6.45) is -0.272. The van der Waals surface area contributed by atoms with E-state index in [1.54, 1.807) is 6.20 Å². The number of carbonyl (C=O) groups is 1. The van der Waals surface area contributed by atoms with E-state index in [0.29, 0.717) is 49.8 Å². The van der Waals surface area contributed by atoms with Crippen LogP contribution in [-0.4, -0.2) is 79.6 Å². The fourth-order valence-electron chi connectivity index (χ4n) is 4.75. The number of imidazole rings is 1. The zero-order chi connectivity index (χ0) is 28.4. The molecule has 41 heavy (non-hydrogen) atoms. The molecule has 13 heteroatoms. The molecule has 0 radical (unpaired) electrons. The maximum atomic E-state index is 12.5. The second-order valence-corrected chi connectivity index (χ2v) is 10.4. The van der Waals surface area contributed by atoms with E-state index in [1.807, 2.05) is 36.4 Å². The molecule has 1 aliphatic carbocycles. The number of carbonyl (C=O) groups excluding carboxylic acids is 1. The Hall–Kier alpha value is -4.26. The van der Waals surface area contributed by atoms with Crippen molar-refractivity contribution in [3.05, 3.63) is 54.5 Å². The number of hydrogen-bond acceptors (Lipinski definition) is 8. The number of rotatable bonds is 9. The van der Waals surface area contributed by atoms with Gasteiger partial charge in [0.15, 0.2) is 0 Å². The summed E-state index contributed by atoms with van der Waals surface area (Å²) >= 11 is 0. The Morgan fingerprint density at radius 1 is 1.05 bits per heavy atom. The first-order valence-corrected chi connectivity index (χ1v) is 13.5. The van der Waals surface area contributed by atoms with Crippen LogP contribution in [0.5, 0.6) is 5.88 Å². The van der Waals surface area contributed by atoms with Crippen LogP contribution >= 0.6 is 0 Å². The molecule has 0 unspecified atom stereocenters. The van der Waals surface area contributed by atoms with E-state index in [1.165, 1.54) is 24.1 Å². The number of aromatic nitrogens is 5. The normalized spacial score (nSPS) is 16.2. The van der Waals surface area contributed by atoms with Gasteiger partial charge in [0.05, 0.1) is 23.3 Å². The molecule has 0 spiro atoms. The lowest BCUT2D eigenvalue weighted by molar-refractivity contribution is -0.162. The molecule has 1 aromatic carbocycles. The summed E-state index contributed by atoms with van der Waals surface area (Å²) < 4.78 is 43.4. The molecule has 0 bridgehead atoms. The van der Waals surface area contributed by atoms with Gasteiger partial charge in [0.1, 0.15) is 18.6 Å². The molecule has 10 nitrogen and oxygen atoms in total. The molecule has 1 aliphatic heterocycles. The number of piperazine rings is 1. The molecule has 1 saturated heterocycles. The Labute approximate surface area is 234 Å². The standard InChI is InChI=1S/C28H29F3N8O2/c29-28(30,31)14-26(40)39-9-7-38(8-10-39)15-19-5-6-32-24(11-19)37-27-35-21-4-3-20(12-23(21)36-27)22-13-25(34-17-33-22)41-16-18-1-2-18/h3-6,11-13,17-18H,1-2,7-10,14-16H2,(H2,32,35,36,37). The first kappa shape index (κ1) is 26.9. The van der Waals surface area contributed by atoms with E-state index < -0.39 is 18.5 Å². The summed E-state index contributed by atoms with van der Waals surface area (Å²) in [4.78, 5) is 36.2. The Kier molecular flexibility index (Phi) is 7.43. The van der Waals surface area contributed by atoms with Gasteiger partial charge in [-0.1, -0.05) is 6.07 Å². The van der Waals surface area contributed by atoms with Gasteiger partial charge in [0, 0.05) is 50.6 Å². The van der Waals surface area contributed by atoms with Crippen molar-refractivity contribution in [1.29, 1.82) is 0 Å². The predicted octanol–water partition coefficient (Wildman–Crippen LogP) is 4.54. The van der Waals surface area contributed by atoms with Gasteiger partial charge in [-0.05, 0) is 48.6 Å². The zero-order valence-electron chi connectivity index (χ0n) is 22.2. The summed E-state index contributed by atoms with van der Waals surface area (Å²) in [6.45, 7) is 2.82. The highest BCUT2D eigenvalue weighted by Gasteiger charge is 2.34. The molecule has 6 rings (SSSR count). The summed E-state index contributed by atoms with van der Waals surface area (Å²) in [5.74, 6) is 1.48. The van der Waals surface area contributed by atoms with E-state index in [0.717, 1.165) is 27.9 Å². The van der Waals surface area contributed by atoms with Gasteiger partial charge >= 0.3 is 6.18 Å². The number of H-pyrrole nitrogens is 1. The number of fused-ring (bicyclic) bond motifs is 1. The summed E-state index contributed by atoms with van der Waals surface area (Å²) in [7, 11) is 0. The lowest BCUT2D eigenvalue weighted by Crippen LogP contribution is -2.49. The largest absolute Gasteiger partial charge is 0.477 e. The Morgan fingerprint density at radius 2 is 1.88 bits per heavy atom. The molecular weight excluding hydrogens is 537 g/mol. The van der Waals surface area contributed by atoms with E-state index in [2.05, 4.69) is 35.1 Å². The number of halogens is 3. The number of pyridine rings is 1. The van der Waals surface area contributed by atoms with E-state index in [-0.39, 0.29) is 13.1 Å². The topological polar surface area (TPSA) is 112 Å². The van der Waals surface area contributed by atoms with Gasteiger partial charge in [-0.2, -0.15) is 13.2 Å². The molecule has 1 amide bonds. The molecule has 2 N–H and O–H groups in total. The van der Waals surface area contributed by atoms with E-state index >= 15 is 0 Å². The fourth-order valence-corrected chi connectivity index (χ4v) is 4.75. The Bertz CT molecular complexity index is 1530. The van der Waals surface area contributed by atoms with Crippen LogP contribution in [0.25, 0.3) is 22.3 Å². The minimum absolute atomic E-state index is 0.274. The molecule has 4 heterocycles. The summed E-state index contributed by atoms with van der Waals surface area (Å²) in [5.41, 5.74) is 4.27. The van der Waals surface area contributed by atoms with Crippen molar-refractivity contribution in [2.24, 2.45) is 5.92 Å².